The van der Waals surface area contributed by atoms with Crippen LogP contribution in [0.3, 0.4) is 0 Å². The van der Waals surface area contributed by atoms with Crippen molar-refractivity contribution in [2.45, 2.75) is 51.0 Å². The minimum Gasteiger partial charge on any atom is -0.503 e. The monoisotopic (exact) mass is 513 g/mol. The Kier molecular flexibility index (Phi) is 7.31. The average molecular weight is 514 g/mol. The summed E-state index contributed by atoms with van der Waals surface area (Å²) in [6.45, 7) is 4.02. The van der Waals surface area contributed by atoms with Gasteiger partial charge in [0, 0.05) is 31.9 Å². The topological polar surface area (TPSA) is 101 Å². The second-order valence-electron chi connectivity index (χ2n) is 8.94. The van der Waals surface area contributed by atoms with Gasteiger partial charge in [0.15, 0.2) is 11.4 Å². The number of benzene rings is 1. The minimum absolute atomic E-state index is 0. The lowest BCUT2D eigenvalue weighted by atomic mass is 9.72. The third-order valence-electron chi connectivity index (χ3n) is 6.17. The van der Waals surface area contributed by atoms with E-state index in [1.807, 2.05) is 13.8 Å². The molecular weight excluding hydrogens is 488 g/mol. The third kappa shape index (κ3) is 4.39. The van der Waals surface area contributed by atoms with E-state index >= 15 is 0 Å². The number of rotatable bonds is 5. The van der Waals surface area contributed by atoms with E-state index in [4.69, 9.17) is 16.3 Å². The largest absolute Gasteiger partial charge is 0.503 e. The van der Waals surface area contributed by atoms with Gasteiger partial charge < -0.3 is 24.6 Å². The van der Waals surface area contributed by atoms with Crippen molar-refractivity contribution in [1.82, 2.24) is 14.8 Å². The van der Waals surface area contributed by atoms with Crippen molar-refractivity contribution in [2.75, 3.05) is 13.6 Å². The van der Waals surface area contributed by atoms with Crippen LogP contribution in [0.5, 0.6) is 5.75 Å². The van der Waals surface area contributed by atoms with Crippen molar-refractivity contribution >= 4 is 35.8 Å². The smallest absolute Gasteiger partial charge is 0.274 e. The van der Waals surface area contributed by atoms with Crippen molar-refractivity contribution in [3.8, 4) is 5.75 Å². The number of halogens is 3. The Morgan fingerprint density at radius 3 is 2.68 bits per heavy atom. The Labute approximate surface area is 207 Å². The molecule has 2 aromatic rings. The molecule has 0 atom stereocenters. The number of hydrogen-bond donors (Lipinski definition) is 2. The zero-order valence-electron chi connectivity index (χ0n) is 18.9. The molecule has 0 bridgehead atoms. The molecule has 2 aliphatic rings. The second kappa shape index (κ2) is 9.56. The number of nitrogens with one attached hydrogen (secondary N) is 1. The molecule has 1 aliphatic carbocycles. The molecule has 184 valence electrons. The quantitative estimate of drug-likeness (QED) is 0.639. The van der Waals surface area contributed by atoms with E-state index in [1.165, 1.54) is 23.2 Å². The summed E-state index contributed by atoms with van der Waals surface area (Å²) < 4.78 is 21.5. The average Bonchev–Trinajstić information content (AvgIpc) is 2.73. The SMILES string of the molecule is CC(C)O[C@H]1C[C@]2(CN(C)C(=O)c3c(O)c(=O)c(C(=O)NCc4cccc(Cl)c4F)cn32)C1.Cl. The maximum atomic E-state index is 14.1. The highest BCUT2D eigenvalue weighted by Gasteiger charge is 2.52. The Morgan fingerprint density at radius 2 is 2.03 bits per heavy atom. The van der Waals surface area contributed by atoms with Gasteiger partial charge in [0.05, 0.1) is 22.8 Å². The van der Waals surface area contributed by atoms with Gasteiger partial charge in [-0.3, -0.25) is 14.4 Å². The molecule has 1 aliphatic heterocycles. The number of nitrogens with zero attached hydrogens (tertiary/aromatic N) is 2. The molecular formula is C23H26Cl2FN3O5. The summed E-state index contributed by atoms with van der Waals surface area (Å²) in [7, 11) is 1.61. The van der Waals surface area contributed by atoms with E-state index in [1.54, 1.807) is 17.7 Å². The van der Waals surface area contributed by atoms with Crippen LogP contribution in [0.25, 0.3) is 0 Å². The lowest BCUT2D eigenvalue weighted by Gasteiger charge is -2.54. The van der Waals surface area contributed by atoms with Crippen LogP contribution in [0.1, 0.15) is 53.1 Å². The second-order valence-corrected chi connectivity index (χ2v) is 9.34. The molecule has 1 aromatic carbocycles. The fourth-order valence-electron chi connectivity index (χ4n) is 4.66. The lowest BCUT2D eigenvalue weighted by molar-refractivity contribution is -0.107. The molecule has 0 radical (unpaired) electrons. The molecule has 8 nitrogen and oxygen atoms in total. The number of ether oxygens (including phenoxy) is 1. The van der Waals surface area contributed by atoms with Crippen LogP contribution in [0, 0.1) is 5.82 Å². The van der Waals surface area contributed by atoms with Crippen molar-refractivity contribution in [1.29, 1.82) is 0 Å². The molecule has 2 amide bonds. The van der Waals surface area contributed by atoms with Gasteiger partial charge in [0.25, 0.3) is 11.8 Å². The molecule has 34 heavy (non-hydrogen) atoms. The Bertz CT molecular complexity index is 1190. The number of hydrogen-bond acceptors (Lipinski definition) is 5. The Morgan fingerprint density at radius 1 is 1.35 bits per heavy atom. The van der Waals surface area contributed by atoms with Crippen LogP contribution < -0.4 is 10.7 Å². The van der Waals surface area contributed by atoms with Crippen LogP contribution in [0.2, 0.25) is 5.02 Å². The van der Waals surface area contributed by atoms with Crippen LogP contribution in [0.4, 0.5) is 4.39 Å². The zero-order valence-corrected chi connectivity index (χ0v) is 20.5. The van der Waals surface area contributed by atoms with E-state index in [0.717, 1.165) is 0 Å². The first kappa shape index (κ1) is 26.0. The fraction of sp³-hybridized carbons (Fsp3) is 0.435. The Hall–Kier alpha value is -2.62. The van der Waals surface area contributed by atoms with Crippen LogP contribution in [-0.4, -0.2) is 52.2 Å². The summed E-state index contributed by atoms with van der Waals surface area (Å²) in [6, 6.07) is 4.40. The molecule has 4 rings (SSSR count). The van der Waals surface area contributed by atoms with Crippen LogP contribution >= 0.6 is 24.0 Å². The van der Waals surface area contributed by atoms with Gasteiger partial charge in [-0.1, -0.05) is 23.7 Å². The number of fused-ring (bicyclic) bond motifs is 2. The standard InChI is InChI=1S/C23H25ClFN3O5.ClH/c1-12(2)33-14-7-23(8-14)11-27(3)22(32)18-20(30)19(29)15(10-28(18)23)21(31)26-9-13-5-4-6-16(24)17(13)25;/h4-6,10,12,14,30H,7-9,11H2,1-3H3,(H,26,31);1H/t14-,23+;. The highest BCUT2D eigenvalue weighted by Crippen LogP contribution is 2.46. The predicted octanol–water partition coefficient (Wildman–Crippen LogP) is 3.07. The minimum atomic E-state index is -0.960. The maximum Gasteiger partial charge on any atom is 0.274 e. The fourth-order valence-corrected chi connectivity index (χ4v) is 4.86. The summed E-state index contributed by atoms with van der Waals surface area (Å²) in [5.74, 6) is -2.74. The summed E-state index contributed by atoms with van der Waals surface area (Å²) in [4.78, 5) is 39.8. The lowest BCUT2D eigenvalue weighted by Crippen LogP contribution is -2.61. The number of aromatic nitrogens is 1. The van der Waals surface area contributed by atoms with Crippen LogP contribution in [0.15, 0.2) is 29.2 Å². The predicted molar refractivity (Wildman–Crippen MR) is 126 cm³/mol. The van der Waals surface area contributed by atoms with Gasteiger partial charge in [-0.15, -0.1) is 12.4 Å². The van der Waals surface area contributed by atoms with Gasteiger partial charge >= 0.3 is 0 Å². The number of aromatic hydroxyl groups is 1. The first-order chi connectivity index (χ1) is 15.5. The molecule has 1 aromatic heterocycles. The van der Waals surface area contributed by atoms with Gasteiger partial charge in [0.2, 0.25) is 5.43 Å². The third-order valence-corrected chi connectivity index (χ3v) is 6.46. The Balaban J connectivity index is 0.00000324. The molecule has 11 heteroatoms. The molecule has 2 N–H and O–H groups in total. The summed E-state index contributed by atoms with van der Waals surface area (Å²) in [6.07, 6.45) is 2.44. The van der Waals surface area contributed by atoms with E-state index in [0.29, 0.717) is 19.4 Å². The summed E-state index contributed by atoms with van der Waals surface area (Å²) in [5.41, 5.74) is -1.88. The highest BCUT2D eigenvalue weighted by atomic mass is 35.5. The van der Waals surface area contributed by atoms with Crippen molar-refractivity contribution in [2.24, 2.45) is 0 Å². The normalized spacial score (nSPS) is 21.2. The van der Waals surface area contributed by atoms with Crippen molar-refractivity contribution in [3.05, 3.63) is 62.3 Å². The number of likely N-dealkylation sites (N-methyl/N-ethyl adjacent to an activating group) is 1. The maximum absolute atomic E-state index is 14.1. The number of carbonyl (C=O) groups is 2. The van der Waals surface area contributed by atoms with Crippen molar-refractivity contribution in [3.63, 3.8) is 0 Å². The first-order valence-electron chi connectivity index (χ1n) is 10.6. The van der Waals surface area contributed by atoms with Crippen molar-refractivity contribution < 1.29 is 23.8 Å². The molecule has 1 fully saturated rings. The number of amides is 2. The van der Waals surface area contributed by atoms with Gasteiger partial charge in [-0.05, 0) is 32.8 Å². The van der Waals surface area contributed by atoms with Gasteiger partial charge in [-0.25, -0.2) is 4.39 Å². The van der Waals surface area contributed by atoms with E-state index in [-0.39, 0.29) is 53.0 Å². The van der Waals surface area contributed by atoms with E-state index in [9.17, 15) is 23.9 Å². The molecule has 1 spiro atoms. The van der Waals surface area contributed by atoms with E-state index in [2.05, 4.69) is 5.32 Å². The molecule has 1 saturated carbocycles. The number of carbonyl (C=O) groups excluding carboxylic acids is 2. The number of pyridine rings is 1. The molecule has 2 heterocycles. The summed E-state index contributed by atoms with van der Waals surface area (Å²) >= 11 is 5.77. The molecule has 0 unspecified atom stereocenters. The molecule has 0 saturated heterocycles. The summed E-state index contributed by atoms with van der Waals surface area (Å²) in [5, 5.41) is 13.0. The van der Waals surface area contributed by atoms with E-state index < -0.39 is 34.3 Å². The van der Waals surface area contributed by atoms with Gasteiger partial charge in [0.1, 0.15) is 11.4 Å². The highest BCUT2D eigenvalue weighted by molar-refractivity contribution is 6.30. The first-order valence-corrected chi connectivity index (χ1v) is 11.0. The van der Waals surface area contributed by atoms with Crippen LogP contribution in [-0.2, 0) is 16.8 Å². The zero-order chi connectivity index (χ0) is 24.1. The van der Waals surface area contributed by atoms with Gasteiger partial charge in [-0.2, -0.15) is 0 Å².